The van der Waals surface area contributed by atoms with Crippen LogP contribution in [0.4, 0.5) is 0 Å². The predicted octanol–water partition coefficient (Wildman–Crippen LogP) is 4.09. The lowest BCUT2D eigenvalue weighted by molar-refractivity contribution is -0.660. The summed E-state index contributed by atoms with van der Waals surface area (Å²) in [6, 6.07) is 9.66. The molecular formula is C18H24N+. The minimum absolute atomic E-state index is 0.0541. The van der Waals surface area contributed by atoms with Crippen molar-refractivity contribution in [1.82, 2.24) is 0 Å². The molecule has 2 rings (SSSR count). The van der Waals surface area contributed by atoms with Crippen molar-refractivity contribution in [2.45, 2.75) is 40.0 Å². The van der Waals surface area contributed by atoms with Crippen molar-refractivity contribution in [2.75, 3.05) is 0 Å². The Bertz CT molecular complexity index is 633. The van der Waals surface area contributed by atoms with Gasteiger partial charge in [0.25, 0.3) is 0 Å². The molecule has 100 valence electrons. The van der Waals surface area contributed by atoms with Crippen LogP contribution in [-0.4, -0.2) is 0 Å². The molecule has 0 aliphatic heterocycles. The first-order chi connectivity index (χ1) is 10.00. The van der Waals surface area contributed by atoms with Crippen LogP contribution in [0.15, 0.2) is 36.5 Å². The minimum Gasteiger partial charge on any atom is -0.201 e. The van der Waals surface area contributed by atoms with Gasteiger partial charge in [0.1, 0.15) is 7.05 Å². The van der Waals surface area contributed by atoms with Gasteiger partial charge in [-0.3, -0.25) is 0 Å². The van der Waals surface area contributed by atoms with Crippen LogP contribution in [0.5, 0.6) is 0 Å². The molecule has 0 saturated carbocycles. The fourth-order valence-corrected chi connectivity index (χ4v) is 2.20. The standard InChI is InChI=1S/C18H24N/c1-13-7-8-14(2)16(11-13)17-12-15(18(3,4)5)9-10-19(17)6/h7-12H,1-6H3/q+1/i1D3. The molecule has 1 aromatic carbocycles. The van der Waals surface area contributed by atoms with Crippen molar-refractivity contribution in [1.29, 1.82) is 0 Å². The SMILES string of the molecule is [2H]C([2H])([2H])c1ccc(C)c(-c2cc(C(C)(C)C)cc[n+]2C)c1. The van der Waals surface area contributed by atoms with Gasteiger partial charge in [-0.25, -0.2) is 4.57 Å². The zero-order chi connectivity index (χ0) is 16.7. The first-order valence-electron chi connectivity index (χ1n) is 8.12. The van der Waals surface area contributed by atoms with Crippen molar-refractivity contribution < 1.29 is 8.68 Å². The average molecular weight is 257 g/mol. The maximum absolute atomic E-state index is 7.62. The molecule has 0 radical (unpaired) electrons. The zero-order valence-corrected chi connectivity index (χ0v) is 12.4. The molecule has 2 aromatic rings. The number of nitrogens with zero attached hydrogens (tertiary/aromatic N) is 1. The summed E-state index contributed by atoms with van der Waals surface area (Å²) in [4.78, 5) is 0. The van der Waals surface area contributed by atoms with Gasteiger partial charge < -0.3 is 0 Å². The number of benzene rings is 1. The van der Waals surface area contributed by atoms with E-state index in [1.165, 1.54) is 5.56 Å². The Morgan fingerprint density at radius 2 is 1.84 bits per heavy atom. The summed E-state index contributed by atoms with van der Waals surface area (Å²) in [7, 11) is 1.99. The number of hydrogen-bond acceptors (Lipinski definition) is 0. The smallest absolute Gasteiger partial charge is 0.201 e. The van der Waals surface area contributed by atoms with Crippen LogP contribution in [-0.2, 0) is 12.5 Å². The second-order valence-electron chi connectivity index (χ2n) is 6.19. The van der Waals surface area contributed by atoms with Crippen molar-refractivity contribution >= 4 is 0 Å². The van der Waals surface area contributed by atoms with Crippen molar-refractivity contribution in [3.8, 4) is 11.3 Å². The third-order valence-corrected chi connectivity index (χ3v) is 3.53. The molecule has 0 fully saturated rings. The van der Waals surface area contributed by atoms with E-state index in [2.05, 4.69) is 32.9 Å². The molecule has 0 saturated heterocycles. The highest BCUT2D eigenvalue weighted by molar-refractivity contribution is 5.62. The van der Waals surface area contributed by atoms with E-state index >= 15 is 0 Å². The monoisotopic (exact) mass is 257 g/mol. The van der Waals surface area contributed by atoms with Gasteiger partial charge in [-0.1, -0.05) is 38.5 Å². The highest BCUT2D eigenvalue weighted by Crippen LogP contribution is 2.27. The van der Waals surface area contributed by atoms with Gasteiger partial charge in [-0.05, 0) is 36.4 Å². The summed E-state index contributed by atoms with van der Waals surface area (Å²) in [5.41, 5.74) is 4.76. The van der Waals surface area contributed by atoms with E-state index in [1.54, 1.807) is 12.1 Å². The first kappa shape index (κ1) is 10.2. The zero-order valence-electron chi connectivity index (χ0n) is 15.4. The Kier molecular flexibility index (Phi) is 2.58. The number of aromatic nitrogens is 1. The molecular weight excluding hydrogens is 230 g/mol. The average Bonchev–Trinajstić information content (AvgIpc) is 2.37. The van der Waals surface area contributed by atoms with Crippen LogP contribution in [0.2, 0.25) is 0 Å². The van der Waals surface area contributed by atoms with Crippen LogP contribution in [0.25, 0.3) is 11.3 Å². The van der Waals surface area contributed by atoms with Crippen molar-refractivity contribution in [3.63, 3.8) is 0 Å². The summed E-state index contributed by atoms with van der Waals surface area (Å²) >= 11 is 0. The Morgan fingerprint density at radius 3 is 2.47 bits per heavy atom. The molecule has 1 nitrogen and oxygen atoms in total. The van der Waals surface area contributed by atoms with Gasteiger partial charge in [0.15, 0.2) is 6.20 Å². The summed E-state index contributed by atoms with van der Waals surface area (Å²) in [6.45, 7) is 6.47. The van der Waals surface area contributed by atoms with E-state index in [1.807, 2.05) is 30.8 Å². The third kappa shape index (κ3) is 2.86. The fraction of sp³-hybridized carbons (Fsp3) is 0.389. The minimum atomic E-state index is -2.08. The normalized spacial score (nSPS) is 14.7. The molecule has 1 aromatic heterocycles. The molecule has 0 atom stereocenters. The number of hydrogen-bond donors (Lipinski definition) is 0. The van der Waals surface area contributed by atoms with Gasteiger partial charge >= 0.3 is 0 Å². The Hall–Kier alpha value is -1.63. The molecule has 0 bridgehead atoms. The largest absolute Gasteiger partial charge is 0.212 e. The number of aryl methyl sites for hydroxylation is 3. The molecule has 0 unspecified atom stereocenters. The lowest BCUT2D eigenvalue weighted by Gasteiger charge is -2.19. The summed E-state index contributed by atoms with van der Waals surface area (Å²) < 4.78 is 24.9. The molecule has 0 spiro atoms. The Labute approximate surface area is 121 Å². The van der Waals surface area contributed by atoms with E-state index in [0.717, 1.165) is 16.8 Å². The van der Waals surface area contributed by atoms with Crippen molar-refractivity contribution in [2.24, 2.45) is 7.05 Å². The van der Waals surface area contributed by atoms with E-state index in [-0.39, 0.29) is 5.41 Å². The van der Waals surface area contributed by atoms with Gasteiger partial charge in [-0.2, -0.15) is 0 Å². The van der Waals surface area contributed by atoms with E-state index in [0.29, 0.717) is 5.56 Å². The third-order valence-electron chi connectivity index (χ3n) is 3.53. The van der Waals surface area contributed by atoms with E-state index in [4.69, 9.17) is 4.11 Å². The highest BCUT2D eigenvalue weighted by Gasteiger charge is 2.19. The maximum atomic E-state index is 7.62. The summed E-state index contributed by atoms with van der Waals surface area (Å²) in [5, 5.41) is 0. The predicted molar refractivity (Wildman–Crippen MR) is 81.2 cm³/mol. The highest BCUT2D eigenvalue weighted by atomic mass is 14.9. The molecule has 19 heavy (non-hydrogen) atoms. The second kappa shape index (κ2) is 4.80. The molecule has 0 aliphatic carbocycles. The van der Waals surface area contributed by atoms with Crippen molar-refractivity contribution in [3.05, 3.63) is 53.2 Å². The van der Waals surface area contributed by atoms with Crippen LogP contribution >= 0.6 is 0 Å². The number of pyridine rings is 1. The summed E-state index contributed by atoms with van der Waals surface area (Å²) in [5.74, 6) is 0. The van der Waals surface area contributed by atoms with Gasteiger partial charge in [0, 0.05) is 21.8 Å². The fourth-order valence-electron chi connectivity index (χ4n) is 2.20. The molecule has 0 amide bonds. The molecule has 0 N–H and O–H groups in total. The molecule has 1 heteroatoms. The summed E-state index contributed by atoms with van der Waals surface area (Å²) in [6.07, 6.45) is 2.04. The maximum Gasteiger partial charge on any atom is 0.212 e. The number of rotatable bonds is 1. The lowest BCUT2D eigenvalue weighted by atomic mass is 9.86. The van der Waals surface area contributed by atoms with Gasteiger partial charge in [0.05, 0.1) is 0 Å². The first-order valence-corrected chi connectivity index (χ1v) is 6.62. The molecule has 0 aliphatic rings. The Morgan fingerprint density at radius 1 is 1.11 bits per heavy atom. The molecule has 1 heterocycles. The van der Waals surface area contributed by atoms with E-state index in [9.17, 15) is 0 Å². The topological polar surface area (TPSA) is 3.88 Å². The Balaban J connectivity index is 2.66. The van der Waals surface area contributed by atoms with Crippen LogP contribution in [0.1, 0.15) is 41.6 Å². The van der Waals surface area contributed by atoms with Crippen LogP contribution in [0.3, 0.4) is 0 Å². The quantitative estimate of drug-likeness (QED) is 0.677. The second-order valence-corrected chi connectivity index (χ2v) is 6.19. The van der Waals surface area contributed by atoms with E-state index < -0.39 is 6.85 Å². The van der Waals surface area contributed by atoms with Gasteiger partial charge in [0.2, 0.25) is 5.69 Å². The van der Waals surface area contributed by atoms with Gasteiger partial charge in [-0.15, -0.1) is 0 Å². The van der Waals surface area contributed by atoms with Crippen LogP contribution in [0, 0.1) is 13.8 Å². The van der Waals surface area contributed by atoms with Crippen LogP contribution < -0.4 is 4.57 Å². The lowest BCUT2D eigenvalue weighted by Crippen LogP contribution is -2.31.